The molecule has 196 valence electrons. The van der Waals surface area contributed by atoms with Crippen LogP contribution in [0.15, 0.2) is 76.9 Å². The fourth-order valence-electron chi connectivity index (χ4n) is 4.63. The Balaban J connectivity index is 1.90. The van der Waals surface area contributed by atoms with Gasteiger partial charge in [0.2, 0.25) is 0 Å². The van der Waals surface area contributed by atoms with Gasteiger partial charge < -0.3 is 15.1 Å². The Morgan fingerprint density at radius 3 is 2.53 bits per heavy atom. The molecule has 0 saturated heterocycles. The first-order chi connectivity index (χ1) is 18.0. The van der Waals surface area contributed by atoms with E-state index >= 15 is 0 Å². The summed E-state index contributed by atoms with van der Waals surface area (Å²) >= 11 is 0. The minimum absolute atomic E-state index is 0.160. The third-order valence-electron chi connectivity index (χ3n) is 6.48. The molecule has 10 heteroatoms. The highest BCUT2D eigenvalue weighted by molar-refractivity contribution is 5.99. The number of aromatic nitrogens is 1. The lowest BCUT2D eigenvalue weighted by molar-refractivity contribution is -0.137. The Morgan fingerprint density at radius 1 is 1.11 bits per heavy atom. The van der Waals surface area contributed by atoms with E-state index < -0.39 is 17.8 Å². The van der Waals surface area contributed by atoms with E-state index in [2.05, 4.69) is 11.4 Å². The Bertz CT molecular complexity index is 1520. The second-order valence-corrected chi connectivity index (χ2v) is 9.13. The van der Waals surface area contributed by atoms with E-state index in [0.29, 0.717) is 40.8 Å². The number of Topliss-reactive ketones (excluding diaryl/α,β-unsaturated/α-hetero) is 1. The molecule has 2 N–H and O–H groups in total. The van der Waals surface area contributed by atoms with Gasteiger partial charge in [0.25, 0.3) is 5.56 Å². The number of allylic oxidation sites excluding steroid dienone is 1. The average molecular weight is 523 g/mol. The maximum Gasteiger partial charge on any atom is 0.416 e. The van der Waals surface area contributed by atoms with E-state index in [4.69, 9.17) is 0 Å². The van der Waals surface area contributed by atoms with Crippen molar-refractivity contribution in [3.05, 3.63) is 99.1 Å². The van der Waals surface area contributed by atoms with Crippen LogP contribution >= 0.6 is 0 Å². The molecule has 1 atom stereocenters. The summed E-state index contributed by atoms with van der Waals surface area (Å²) in [5.74, 6) is -0.268. The number of hydrogen-bond acceptors (Lipinski definition) is 6. The van der Waals surface area contributed by atoms with Crippen molar-refractivity contribution in [1.82, 2.24) is 9.63 Å². The minimum Gasteiger partial charge on any atom is -0.358 e. The van der Waals surface area contributed by atoms with Crippen molar-refractivity contribution in [2.45, 2.75) is 31.5 Å². The number of carbonyl (C=O) groups excluding carboxylic acids is 1. The normalized spacial score (nSPS) is 14.9. The molecule has 3 aromatic rings. The summed E-state index contributed by atoms with van der Waals surface area (Å²) in [6.07, 6.45) is -1.90. The molecule has 0 fully saturated rings. The number of nitrogens with one attached hydrogen (secondary N) is 1. The van der Waals surface area contributed by atoms with Crippen molar-refractivity contribution in [3.8, 4) is 17.2 Å². The monoisotopic (exact) mass is 522 g/mol. The van der Waals surface area contributed by atoms with Crippen LogP contribution in [0.3, 0.4) is 0 Å². The number of hydroxylamine groups is 2. The molecule has 0 bridgehead atoms. The van der Waals surface area contributed by atoms with E-state index in [1.807, 2.05) is 0 Å². The molecule has 1 heterocycles. The lowest BCUT2D eigenvalue weighted by Crippen LogP contribution is -2.31. The molecule has 0 radical (unpaired) electrons. The van der Waals surface area contributed by atoms with Gasteiger partial charge in [-0.15, -0.1) is 0 Å². The fourth-order valence-corrected chi connectivity index (χ4v) is 4.63. The van der Waals surface area contributed by atoms with Gasteiger partial charge in [0.1, 0.15) is 0 Å². The van der Waals surface area contributed by atoms with E-state index in [9.17, 15) is 33.2 Å². The third-order valence-corrected chi connectivity index (χ3v) is 6.48. The van der Waals surface area contributed by atoms with Crippen LogP contribution < -0.4 is 10.9 Å². The first-order valence-corrected chi connectivity index (χ1v) is 11.8. The lowest BCUT2D eigenvalue weighted by Gasteiger charge is -2.32. The number of ketones is 1. The summed E-state index contributed by atoms with van der Waals surface area (Å²) in [6.45, 7) is 0. The van der Waals surface area contributed by atoms with Gasteiger partial charge in [0, 0.05) is 49.7 Å². The van der Waals surface area contributed by atoms with Crippen molar-refractivity contribution < 1.29 is 23.2 Å². The summed E-state index contributed by atoms with van der Waals surface area (Å²) < 4.78 is 41.2. The molecule has 0 spiro atoms. The van der Waals surface area contributed by atoms with E-state index in [1.165, 1.54) is 29.8 Å². The van der Waals surface area contributed by atoms with Crippen molar-refractivity contribution >= 4 is 11.5 Å². The number of hydrogen-bond donors (Lipinski definition) is 2. The number of nitrogens with zero attached hydrogens (tertiary/aromatic N) is 3. The summed E-state index contributed by atoms with van der Waals surface area (Å²) in [5.41, 5.74) is 1.37. The van der Waals surface area contributed by atoms with E-state index in [0.717, 1.165) is 17.2 Å². The number of alkyl halides is 3. The number of pyridine rings is 1. The molecular weight excluding hydrogens is 497 g/mol. The van der Waals surface area contributed by atoms with Gasteiger partial charge >= 0.3 is 6.18 Å². The van der Waals surface area contributed by atoms with Gasteiger partial charge in [-0.3, -0.25) is 9.59 Å². The molecule has 2 aromatic carbocycles. The number of halogens is 3. The van der Waals surface area contributed by atoms with Crippen LogP contribution in [0, 0.1) is 11.3 Å². The summed E-state index contributed by atoms with van der Waals surface area (Å²) in [6, 6.07) is 13.5. The Hall–Kier alpha value is -4.20. The molecular formula is C28H25F3N4O3. The van der Waals surface area contributed by atoms with E-state index in [-0.39, 0.29) is 29.0 Å². The van der Waals surface area contributed by atoms with Gasteiger partial charge in [-0.25, -0.2) is 0 Å². The predicted molar refractivity (Wildman–Crippen MR) is 135 cm³/mol. The zero-order valence-electron chi connectivity index (χ0n) is 20.7. The second-order valence-electron chi connectivity index (χ2n) is 9.13. The SMILES string of the molecule is CN(O)[C@@H](C1=C(Nc2cccc(C(F)(F)F)c2)CCCC1=O)c1ccc(C#N)cc1-c1ccn(C)c(=O)c1. The van der Waals surface area contributed by atoms with Crippen molar-refractivity contribution in [3.63, 3.8) is 0 Å². The van der Waals surface area contributed by atoms with Gasteiger partial charge in [0.15, 0.2) is 5.78 Å². The number of anilines is 1. The summed E-state index contributed by atoms with van der Waals surface area (Å²) in [5, 5.41) is 24.2. The van der Waals surface area contributed by atoms with Crippen LogP contribution in [0.4, 0.5) is 18.9 Å². The fraction of sp³-hybridized carbons (Fsp3) is 0.250. The molecule has 1 aliphatic rings. The molecule has 7 nitrogen and oxygen atoms in total. The Labute approximate surface area is 217 Å². The highest BCUT2D eigenvalue weighted by atomic mass is 19.4. The zero-order chi connectivity index (χ0) is 27.6. The largest absolute Gasteiger partial charge is 0.416 e. The lowest BCUT2D eigenvalue weighted by atomic mass is 9.83. The number of rotatable bonds is 6. The number of likely N-dealkylation sites (N-methyl/N-ethyl adjacent to an activating group) is 1. The highest BCUT2D eigenvalue weighted by Crippen LogP contribution is 2.40. The smallest absolute Gasteiger partial charge is 0.358 e. The zero-order valence-corrected chi connectivity index (χ0v) is 20.7. The maximum atomic E-state index is 13.3. The first-order valence-electron chi connectivity index (χ1n) is 11.8. The number of aryl methyl sites for hydroxylation is 1. The molecule has 38 heavy (non-hydrogen) atoms. The van der Waals surface area contributed by atoms with Gasteiger partial charge in [-0.05, 0) is 65.9 Å². The second kappa shape index (κ2) is 10.7. The summed E-state index contributed by atoms with van der Waals surface area (Å²) in [4.78, 5) is 25.7. The van der Waals surface area contributed by atoms with Crippen LogP contribution in [0.1, 0.15) is 42.0 Å². The van der Waals surface area contributed by atoms with Crippen LogP contribution in [0.5, 0.6) is 0 Å². The van der Waals surface area contributed by atoms with Crippen LogP contribution in [-0.4, -0.2) is 27.7 Å². The minimum atomic E-state index is -4.53. The van der Waals surface area contributed by atoms with Gasteiger partial charge in [-0.2, -0.15) is 23.5 Å². The van der Waals surface area contributed by atoms with Crippen LogP contribution in [0.25, 0.3) is 11.1 Å². The van der Waals surface area contributed by atoms with Crippen molar-refractivity contribution in [1.29, 1.82) is 5.26 Å². The van der Waals surface area contributed by atoms with Crippen LogP contribution in [0.2, 0.25) is 0 Å². The van der Waals surface area contributed by atoms with Crippen molar-refractivity contribution in [2.75, 3.05) is 12.4 Å². The number of nitriles is 1. The van der Waals surface area contributed by atoms with Crippen LogP contribution in [-0.2, 0) is 18.0 Å². The van der Waals surface area contributed by atoms with Crippen molar-refractivity contribution in [2.24, 2.45) is 7.05 Å². The average Bonchev–Trinajstić information content (AvgIpc) is 2.87. The first kappa shape index (κ1) is 26.9. The standard InChI is InChI=1S/C28H25F3N4O3/c1-34-12-11-18(14-25(34)37)22-13-17(16-32)9-10-21(22)27(35(2)38)26-23(7-4-8-24(26)36)33-20-6-3-5-19(15-20)28(29,30)31/h3,5-6,9-15,27,33,38H,4,7-8H2,1-2H3/t27-/m1/s1. The van der Waals surface area contributed by atoms with Gasteiger partial charge in [0.05, 0.1) is 23.2 Å². The quantitative estimate of drug-likeness (QED) is 0.420. The number of benzene rings is 2. The molecule has 4 rings (SSSR count). The van der Waals surface area contributed by atoms with E-state index in [1.54, 1.807) is 37.5 Å². The molecule has 0 unspecified atom stereocenters. The third kappa shape index (κ3) is 5.54. The maximum absolute atomic E-state index is 13.3. The molecule has 1 aliphatic carbocycles. The highest BCUT2D eigenvalue weighted by Gasteiger charge is 2.34. The molecule has 0 aliphatic heterocycles. The molecule has 1 aromatic heterocycles. The Morgan fingerprint density at radius 2 is 1.87 bits per heavy atom. The number of carbonyl (C=O) groups is 1. The summed E-state index contributed by atoms with van der Waals surface area (Å²) in [7, 11) is 2.97. The van der Waals surface area contributed by atoms with Gasteiger partial charge in [-0.1, -0.05) is 12.1 Å². The molecule has 0 amide bonds. The predicted octanol–water partition coefficient (Wildman–Crippen LogP) is 5.42. The Kier molecular flexibility index (Phi) is 7.53. The topological polar surface area (TPSA) is 98.4 Å². The molecule has 0 saturated carbocycles.